The van der Waals surface area contributed by atoms with Gasteiger partial charge in [0.25, 0.3) is 0 Å². The first-order valence-corrected chi connectivity index (χ1v) is 39.2. The van der Waals surface area contributed by atoms with E-state index in [-0.39, 0.29) is 175 Å². The quantitative estimate of drug-likeness (QED) is 0.0761. The summed E-state index contributed by atoms with van der Waals surface area (Å²) in [6, 6.07) is 0. The Hall–Kier alpha value is -4.64. The zero-order chi connectivity index (χ0) is 75.9. The number of hydrogen-bond donors (Lipinski definition) is 1. The molecule has 23 heteroatoms. The van der Waals surface area contributed by atoms with E-state index >= 15 is 0 Å². The van der Waals surface area contributed by atoms with Crippen LogP contribution in [0.5, 0.6) is 0 Å². The van der Waals surface area contributed by atoms with Crippen LogP contribution in [-0.4, -0.2) is 138 Å². The molecule has 17 fully saturated rings. The Labute approximate surface area is 681 Å². The predicted octanol–water partition coefficient (Wildman–Crippen LogP) is 21.3. The molecule has 664 valence electrons. The van der Waals surface area contributed by atoms with Crippen LogP contribution in [0, 0.1) is 98.1 Å². The van der Waals surface area contributed by atoms with E-state index in [4.69, 9.17) is 47.4 Å². The molecule has 17 aliphatic rings. The van der Waals surface area contributed by atoms with Crippen molar-refractivity contribution in [3.63, 3.8) is 0 Å². The summed E-state index contributed by atoms with van der Waals surface area (Å²) in [5.41, 5.74) is -4.21. The van der Waals surface area contributed by atoms with Crippen molar-refractivity contribution in [1.29, 1.82) is 0 Å². The van der Waals surface area contributed by atoms with Crippen LogP contribution < -0.4 is 0 Å². The molecule has 10 unspecified atom stereocenters. The highest BCUT2D eigenvalue weighted by atomic mass is 19.3. The maximum absolute atomic E-state index is 13.8. The van der Waals surface area contributed by atoms with Crippen molar-refractivity contribution in [2.24, 2.45) is 98.1 Å². The molecular formula is C90H162F4O19. The Bertz CT molecular complexity index is 3080. The number of carbonyl (C=O) groups excluding carboxylic acids is 8. The van der Waals surface area contributed by atoms with Gasteiger partial charge in [-0.05, 0) is 258 Å². The number of ether oxygens (including phenoxy) is 10. The Balaban J connectivity index is 0.00000138. The van der Waals surface area contributed by atoms with Crippen molar-refractivity contribution in [3.8, 4) is 0 Å². The Morgan fingerprint density at radius 3 is 1.29 bits per heavy atom. The molecule has 1 N–H and O–H groups in total. The summed E-state index contributed by atoms with van der Waals surface area (Å²) in [7, 11) is 0. The molecule has 10 atom stereocenters. The van der Waals surface area contributed by atoms with Gasteiger partial charge in [-0.15, -0.1) is 0 Å². The van der Waals surface area contributed by atoms with E-state index in [9.17, 15) is 61.0 Å². The summed E-state index contributed by atoms with van der Waals surface area (Å²) in [6.45, 7) is 28.1. The van der Waals surface area contributed by atoms with Gasteiger partial charge in [0, 0.05) is 36.5 Å². The fourth-order valence-electron chi connectivity index (χ4n) is 20.3. The van der Waals surface area contributed by atoms with E-state index in [1.807, 2.05) is 69.2 Å². The molecule has 3 saturated heterocycles. The molecule has 113 heavy (non-hydrogen) atoms. The molecule has 1 spiro atoms. The second-order valence-corrected chi connectivity index (χ2v) is 37.4. The zero-order valence-electron chi connectivity index (χ0n) is 64.5. The first-order valence-electron chi connectivity index (χ1n) is 39.2. The molecule has 0 amide bonds. The molecule has 17 rings (SSSR count). The molecule has 0 aromatic rings. The number of aliphatic hydroxyl groups is 1. The second kappa shape index (κ2) is 39.5. The third-order valence-corrected chi connectivity index (χ3v) is 28.0. The van der Waals surface area contributed by atoms with Gasteiger partial charge in [-0.25, -0.2) is 9.59 Å². The van der Waals surface area contributed by atoms with E-state index in [0.717, 1.165) is 76.0 Å². The van der Waals surface area contributed by atoms with Crippen LogP contribution in [0.4, 0.5) is 17.6 Å². The smallest absolute Gasteiger partial charge is 0.347 e. The fraction of sp³-hybridized carbons (Fsp3) is 0.911. The van der Waals surface area contributed by atoms with Crippen molar-refractivity contribution in [1.82, 2.24) is 0 Å². The van der Waals surface area contributed by atoms with Crippen LogP contribution in [-0.2, 0) is 85.7 Å². The van der Waals surface area contributed by atoms with Crippen molar-refractivity contribution < 1.29 is 108 Å². The Morgan fingerprint density at radius 2 is 0.867 bits per heavy atom. The summed E-state index contributed by atoms with van der Waals surface area (Å²) in [5, 5.41) is 10.6. The van der Waals surface area contributed by atoms with E-state index in [2.05, 4.69) is 13.8 Å². The standard InChI is InChI=1S/C20H28F4O4.C18H30O2.C16H22O6.C16H26O3.C10H16O4.10CH4/c1-4-16(2,3)15(25)28-17-7-12-5-13(8-17)20(14(6-12)9-17)26-10-18(21,22)19(23,24)11-27-20;1-5-17(3,4)16(19)20-18(6-2)14-8-12-7-13(10-14)11-15(18)9-12;1-4-16(2,3)15(19)20-7-11(17)21-12-8-5-9-10(6-8)14(18)22-13(9)12;1-4-14(2,3)13(17)19-16-8-11-5-12(9-16)7-15(18,6-11)10-16;1-4-10(2,3)9(12)14-7-5-6-13-8(7)11;;;;;;;;;;/h12-14H,4-11H2,1-3H3;12-15H,5-11H2,1-4H3;8-10,12-13H,4-7H2,1-3H3;11-12,18H,4-10H2,1-3H3;7H,4-6H2,1-3H3;10*1H4. The monoisotopic (exact) mass is 1620 g/mol. The number of carbonyl (C=O) groups is 8. The average molecular weight is 1620 g/mol. The Morgan fingerprint density at radius 1 is 0.460 bits per heavy atom. The molecule has 0 radical (unpaired) electrons. The number of hydrogen-bond acceptors (Lipinski definition) is 19. The first-order chi connectivity index (χ1) is 47.8. The summed E-state index contributed by atoms with van der Waals surface area (Å²) < 4.78 is 110. The number of cyclic esters (lactones) is 1. The number of rotatable bonds is 18. The van der Waals surface area contributed by atoms with E-state index in [1.54, 1.807) is 27.7 Å². The minimum absolute atomic E-state index is 0. The zero-order valence-corrected chi connectivity index (χ0v) is 64.5. The highest BCUT2D eigenvalue weighted by molar-refractivity contribution is 5.83. The maximum atomic E-state index is 13.8. The molecule has 0 aromatic heterocycles. The lowest BCUT2D eigenvalue weighted by molar-refractivity contribution is -0.355. The molecule has 14 saturated carbocycles. The van der Waals surface area contributed by atoms with Gasteiger partial charge >= 0.3 is 59.6 Å². The highest BCUT2D eigenvalue weighted by Crippen LogP contribution is 2.66. The molecule has 3 aliphatic heterocycles. The minimum atomic E-state index is -4.26. The van der Waals surface area contributed by atoms with E-state index in [1.165, 1.54) is 38.5 Å². The van der Waals surface area contributed by atoms with Crippen LogP contribution in [0.25, 0.3) is 0 Å². The van der Waals surface area contributed by atoms with Crippen LogP contribution in [0.15, 0.2) is 0 Å². The molecule has 14 aliphatic carbocycles. The van der Waals surface area contributed by atoms with Crippen LogP contribution >= 0.6 is 0 Å². The number of fused-ring (bicyclic) bond motifs is 1. The maximum Gasteiger partial charge on any atom is 0.347 e. The van der Waals surface area contributed by atoms with Gasteiger partial charge in [0.15, 0.2) is 12.4 Å². The van der Waals surface area contributed by atoms with Gasteiger partial charge in [0.05, 0.1) is 45.2 Å². The van der Waals surface area contributed by atoms with Crippen LogP contribution in [0.3, 0.4) is 0 Å². The van der Waals surface area contributed by atoms with Gasteiger partial charge in [0.2, 0.25) is 6.10 Å². The Kier molecular flexibility index (Phi) is 37.9. The van der Waals surface area contributed by atoms with Gasteiger partial charge in [-0.1, -0.05) is 116 Å². The van der Waals surface area contributed by atoms with Gasteiger partial charge in [-0.3, -0.25) is 28.8 Å². The summed E-state index contributed by atoms with van der Waals surface area (Å²) in [5.74, 6) is -7.95. The lowest BCUT2D eigenvalue weighted by Crippen LogP contribution is -2.66. The van der Waals surface area contributed by atoms with Gasteiger partial charge in [0.1, 0.15) is 42.2 Å². The number of alkyl halides is 4. The normalized spacial score (nSPS) is 34.6. The first kappa shape index (κ1) is 108. The third-order valence-electron chi connectivity index (χ3n) is 28.0. The third kappa shape index (κ3) is 21.9. The summed E-state index contributed by atoms with van der Waals surface area (Å²) >= 11 is 0. The van der Waals surface area contributed by atoms with Crippen LogP contribution in [0.1, 0.15) is 346 Å². The molecule has 0 aromatic carbocycles. The number of esters is 8. The van der Waals surface area contributed by atoms with Crippen LogP contribution in [0.2, 0.25) is 0 Å². The second-order valence-electron chi connectivity index (χ2n) is 37.4. The van der Waals surface area contributed by atoms with Crippen molar-refractivity contribution in [2.45, 2.75) is 404 Å². The number of halogens is 4. The summed E-state index contributed by atoms with van der Waals surface area (Å²) in [6.07, 6.45) is 20.5. The van der Waals surface area contributed by atoms with Gasteiger partial charge in [-0.2, -0.15) is 17.6 Å². The SMILES string of the molecule is C.C.C.C.C.C.C.C.C.C.CCC(C)(C)C(=O)OC1(CC)C2CC3CC(C2)CC1C3.CCC(C)(C)C(=O)OC12CC3CC(C1)C1(OCC(F)(F)C(F)(F)CO1)C(C3)C2.CCC(C)(C)C(=O)OC12CC3CC(CC(O)(C3)C1)C2.CCC(C)(C)C(=O)OC1CCOC1=O.CCC(C)(C)C(=O)OCC(=O)OC1C2CC3C(=O)OC1C3C2. The van der Waals surface area contributed by atoms with Gasteiger partial charge < -0.3 is 52.5 Å². The molecule has 3 heterocycles. The highest BCUT2D eigenvalue weighted by Gasteiger charge is 2.71. The molecule has 14 bridgehead atoms. The average Bonchev–Trinajstić information content (AvgIpc) is 1.65. The topological polar surface area (TPSA) is 249 Å². The largest absolute Gasteiger partial charge is 0.463 e. The van der Waals surface area contributed by atoms with Crippen molar-refractivity contribution in [2.75, 3.05) is 26.4 Å². The van der Waals surface area contributed by atoms with E-state index in [0.29, 0.717) is 88.1 Å². The predicted molar refractivity (Wildman–Crippen MR) is 435 cm³/mol. The minimum Gasteiger partial charge on any atom is -0.463 e. The lowest BCUT2D eigenvalue weighted by atomic mass is 9.49. The summed E-state index contributed by atoms with van der Waals surface area (Å²) in [4.78, 5) is 95.7. The van der Waals surface area contributed by atoms with Crippen molar-refractivity contribution in [3.05, 3.63) is 0 Å². The van der Waals surface area contributed by atoms with Crippen molar-refractivity contribution >= 4 is 47.8 Å². The lowest BCUT2D eigenvalue weighted by Gasteiger charge is -2.63. The molecular weight excluding hydrogens is 1460 g/mol. The molecule has 19 nitrogen and oxygen atoms in total. The van der Waals surface area contributed by atoms with E-state index < -0.39 is 87.7 Å². The fourth-order valence-corrected chi connectivity index (χ4v) is 20.3.